The highest BCUT2D eigenvalue weighted by Gasteiger charge is 2.59. The van der Waals surface area contributed by atoms with Gasteiger partial charge in [0.25, 0.3) is 0 Å². The first-order valence-electron chi connectivity index (χ1n) is 8.27. The van der Waals surface area contributed by atoms with Gasteiger partial charge < -0.3 is 15.4 Å². The maximum atomic E-state index is 5.86. The summed E-state index contributed by atoms with van der Waals surface area (Å²) in [6.45, 7) is 8.36. The molecule has 134 valence electrons. The molecule has 3 unspecified atom stereocenters. The summed E-state index contributed by atoms with van der Waals surface area (Å²) in [5.41, 5.74) is 2.72. The van der Waals surface area contributed by atoms with Crippen molar-refractivity contribution in [2.24, 2.45) is 16.3 Å². The van der Waals surface area contributed by atoms with Gasteiger partial charge in [-0.05, 0) is 36.6 Å². The predicted molar refractivity (Wildman–Crippen MR) is 113 cm³/mol. The van der Waals surface area contributed by atoms with Crippen molar-refractivity contribution in [3.05, 3.63) is 33.8 Å². The molecule has 1 aliphatic carbocycles. The highest BCUT2D eigenvalue weighted by molar-refractivity contribution is 14.0. The van der Waals surface area contributed by atoms with E-state index < -0.39 is 0 Å². The van der Waals surface area contributed by atoms with Crippen molar-refractivity contribution in [1.29, 1.82) is 0 Å². The number of hydrogen-bond acceptors (Lipinski definition) is 2. The van der Waals surface area contributed by atoms with Gasteiger partial charge in [0.1, 0.15) is 0 Å². The van der Waals surface area contributed by atoms with Crippen molar-refractivity contribution in [2.45, 2.75) is 45.9 Å². The van der Waals surface area contributed by atoms with Gasteiger partial charge in [-0.15, -0.1) is 24.0 Å². The van der Waals surface area contributed by atoms with Crippen molar-refractivity contribution >= 4 is 45.9 Å². The Labute approximate surface area is 170 Å². The standard InChI is InChI=1S/C18H26BrN3O.HI/c1-11-9-13(19)6-5-12(11)10-21-17(20-4)22-15-14-7-8-23-16(14)18(15,2)3;/h5-6,9,14-16H,7-8,10H2,1-4H3,(H2,20,21,22);1H. The molecule has 1 aromatic carbocycles. The van der Waals surface area contributed by atoms with E-state index in [4.69, 9.17) is 4.74 Å². The molecule has 1 aliphatic heterocycles. The van der Waals surface area contributed by atoms with Crippen LogP contribution in [0.5, 0.6) is 0 Å². The van der Waals surface area contributed by atoms with Crippen LogP contribution in [0, 0.1) is 18.3 Å². The van der Waals surface area contributed by atoms with E-state index in [-0.39, 0.29) is 29.4 Å². The van der Waals surface area contributed by atoms with Gasteiger partial charge in [-0.1, -0.05) is 35.8 Å². The monoisotopic (exact) mass is 507 g/mol. The first-order chi connectivity index (χ1) is 10.9. The Hall–Kier alpha value is -0.340. The van der Waals surface area contributed by atoms with Gasteiger partial charge in [-0.25, -0.2) is 0 Å². The SMILES string of the molecule is CN=C(NCc1ccc(Br)cc1C)NC1C2CCOC2C1(C)C.I. The second-order valence-corrected chi connectivity index (χ2v) is 8.10. The molecular formula is C18H27BrIN3O. The van der Waals surface area contributed by atoms with Gasteiger partial charge in [0.15, 0.2) is 5.96 Å². The van der Waals surface area contributed by atoms with Crippen molar-refractivity contribution in [3.63, 3.8) is 0 Å². The van der Waals surface area contributed by atoms with E-state index in [1.165, 1.54) is 11.1 Å². The minimum Gasteiger partial charge on any atom is -0.377 e. The summed E-state index contributed by atoms with van der Waals surface area (Å²) in [7, 11) is 1.83. The topological polar surface area (TPSA) is 45.7 Å². The number of guanidine groups is 1. The lowest BCUT2D eigenvalue weighted by molar-refractivity contribution is -0.106. The normalized spacial score (nSPS) is 27.7. The van der Waals surface area contributed by atoms with Crippen LogP contribution < -0.4 is 10.6 Å². The fourth-order valence-electron chi connectivity index (χ4n) is 4.00. The van der Waals surface area contributed by atoms with E-state index in [9.17, 15) is 0 Å². The van der Waals surface area contributed by atoms with Crippen LogP contribution >= 0.6 is 39.9 Å². The minimum atomic E-state index is 0. The fraction of sp³-hybridized carbons (Fsp3) is 0.611. The molecule has 1 aromatic rings. The number of aliphatic imine (C=N–C) groups is 1. The van der Waals surface area contributed by atoms with Gasteiger partial charge in [0.05, 0.1) is 6.10 Å². The summed E-state index contributed by atoms with van der Waals surface area (Å²) in [6, 6.07) is 6.79. The highest BCUT2D eigenvalue weighted by atomic mass is 127. The average Bonchev–Trinajstić information content (AvgIpc) is 2.96. The van der Waals surface area contributed by atoms with Crippen molar-refractivity contribution in [3.8, 4) is 0 Å². The van der Waals surface area contributed by atoms with Gasteiger partial charge in [-0.2, -0.15) is 0 Å². The van der Waals surface area contributed by atoms with E-state index in [0.717, 1.165) is 30.0 Å². The number of ether oxygens (including phenoxy) is 1. The van der Waals surface area contributed by atoms with Crippen molar-refractivity contribution in [1.82, 2.24) is 10.6 Å². The van der Waals surface area contributed by atoms with E-state index in [2.05, 4.69) is 70.5 Å². The van der Waals surface area contributed by atoms with Crippen LogP contribution in [0.25, 0.3) is 0 Å². The number of rotatable bonds is 3. The molecule has 24 heavy (non-hydrogen) atoms. The van der Waals surface area contributed by atoms with E-state index in [0.29, 0.717) is 18.1 Å². The largest absolute Gasteiger partial charge is 0.377 e. The van der Waals surface area contributed by atoms with Gasteiger partial charge in [0, 0.05) is 42.0 Å². The molecule has 0 amide bonds. The Morgan fingerprint density at radius 2 is 2.17 bits per heavy atom. The predicted octanol–water partition coefficient (Wildman–Crippen LogP) is 3.85. The molecule has 3 rings (SSSR count). The maximum Gasteiger partial charge on any atom is 0.191 e. The molecule has 6 heteroatoms. The summed E-state index contributed by atoms with van der Waals surface area (Å²) in [5, 5.41) is 7.06. The molecule has 1 saturated carbocycles. The third-order valence-electron chi connectivity index (χ3n) is 5.37. The molecule has 3 atom stereocenters. The van der Waals surface area contributed by atoms with Crippen LogP contribution in [-0.2, 0) is 11.3 Å². The average molecular weight is 508 g/mol. The van der Waals surface area contributed by atoms with E-state index in [1.807, 2.05) is 7.05 Å². The highest BCUT2D eigenvalue weighted by Crippen LogP contribution is 2.52. The number of nitrogens with one attached hydrogen (secondary N) is 2. The first-order valence-corrected chi connectivity index (χ1v) is 9.06. The number of fused-ring (bicyclic) bond motifs is 1. The second kappa shape index (κ2) is 7.91. The molecule has 2 aliphatic rings. The smallest absolute Gasteiger partial charge is 0.191 e. The summed E-state index contributed by atoms with van der Waals surface area (Å²) in [6.07, 6.45) is 1.54. The second-order valence-electron chi connectivity index (χ2n) is 7.18. The quantitative estimate of drug-likeness (QED) is 0.371. The van der Waals surface area contributed by atoms with Crippen LogP contribution in [0.1, 0.15) is 31.4 Å². The lowest BCUT2D eigenvalue weighted by Crippen LogP contribution is -2.67. The molecule has 2 fully saturated rings. The summed E-state index contributed by atoms with van der Waals surface area (Å²) in [4.78, 5) is 4.40. The molecule has 0 bridgehead atoms. The van der Waals surface area contributed by atoms with Gasteiger partial charge >= 0.3 is 0 Å². The summed E-state index contributed by atoms with van der Waals surface area (Å²) in [5.74, 6) is 1.48. The molecule has 1 heterocycles. The Bertz CT molecular complexity index is 620. The number of halogens is 2. The van der Waals surface area contributed by atoms with Crippen LogP contribution in [-0.4, -0.2) is 31.8 Å². The van der Waals surface area contributed by atoms with E-state index in [1.54, 1.807) is 0 Å². The Morgan fingerprint density at radius 1 is 1.42 bits per heavy atom. The third-order valence-corrected chi connectivity index (χ3v) is 5.86. The van der Waals surface area contributed by atoms with Crippen molar-refractivity contribution < 1.29 is 4.74 Å². The molecule has 1 saturated heterocycles. The molecular weight excluding hydrogens is 481 g/mol. The first kappa shape index (κ1) is 20.0. The molecule has 0 radical (unpaired) electrons. The van der Waals surface area contributed by atoms with Crippen LogP contribution in [0.4, 0.5) is 0 Å². The Morgan fingerprint density at radius 3 is 2.83 bits per heavy atom. The number of nitrogens with zero attached hydrogens (tertiary/aromatic N) is 1. The number of hydrogen-bond donors (Lipinski definition) is 2. The fourth-order valence-corrected chi connectivity index (χ4v) is 4.47. The Balaban J connectivity index is 0.00000208. The molecule has 2 N–H and O–H groups in total. The van der Waals surface area contributed by atoms with E-state index >= 15 is 0 Å². The zero-order valence-corrected chi connectivity index (χ0v) is 18.6. The van der Waals surface area contributed by atoms with Crippen molar-refractivity contribution in [2.75, 3.05) is 13.7 Å². The van der Waals surface area contributed by atoms with Gasteiger partial charge in [-0.3, -0.25) is 4.99 Å². The van der Waals surface area contributed by atoms with Crippen LogP contribution in [0.3, 0.4) is 0 Å². The zero-order chi connectivity index (χ0) is 16.6. The summed E-state index contributed by atoms with van der Waals surface area (Å²) < 4.78 is 6.98. The lowest BCUT2D eigenvalue weighted by atomic mass is 9.57. The molecule has 0 spiro atoms. The van der Waals surface area contributed by atoms with Gasteiger partial charge in [0.2, 0.25) is 0 Å². The number of aryl methyl sites for hydroxylation is 1. The molecule has 0 aromatic heterocycles. The Kier molecular flexibility index (Phi) is 6.58. The minimum absolute atomic E-state index is 0. The third kappa shape index (κ3) is 3.75. The molecule has 4 nitrogen and oxygen atoms in total. The number of benzene rings is 1. The maximum absolute atomic E-state index is 5.86. The zero-order valence-electron chi connectivity index (χ0n) is 14.7. The summed E-state index contributed by atoms with van der Waals surface area (Å²) >= 11 is 3.51. The van der Waals surface area contributed by atoms with Crippen LogP contribution in [0.2, 0.25) is 0 Å². The van der Waals surface area contributed by atoms with Crippen LogP contribution in [0.15, 0.2) is 27.7 Å². The lowest BCUT2D eigenvalue weighted by Gasteiger charge is -2.54.